The molecule has 0 amide bonds. The van der Waals surface area contributed by atoms with Gasteiger partial charge in [-0.05, 0) is 25.1 Å². The first kappa shape index (κ1) is 12.4. The summed E-state index contributed by atoms with van der Waals surface area (Å²) in [4.78, 5) is 24.6. The third-order valence-electron chi connectivity index (χ3n) is 3.23. The molecular weight excluding hydrogens is 264 g/mol. The van der Waals surface area contributed by atoms with Crippen molar-refractivity contribution in [2.45, 2.75) is 13.0 Å². The zero-order valence-electron chi connectivity index (χ0n) is 10.4. The van der Waals surface area contributed by atoms with Crippen molar-refractivity contribution in [3.05, 3.63) is 46.4 Å². The summed E-state index contributed by atoms with van der Waals surface area (Å²) in [6.45, 7) is 1.43. The summed E-state index contributed by atoms with van der Waals surface area (Å²) in [5.41, 5.74) is -0.561. The Morgan fingerprint density at radius 2 is 1.60 bits per heavy atom. The van der Waals surface area contributed by atoms with E-state index in [4.69, 9.17) is 4.42 Å². The first-order chi connectivity index (χ1) is 9.41. The smallest absolute Gasteiger partial charge is 0.233 e. The zero-order valence-corrected chi connectivity index (χ0v) is 10.4. The highest BCUT2D eigenvalue weighted by atomic mass is 16.4. The van der Waals surface area contributed by atoms with Crippen molar-refractivity contribution in [2.75, 3.05) is 0 Å². The first-order valence-electron chi connectivity index (χ1n) is 5.88. The van der Waals surface area contributed by atoms with Gasteiger partial charge >= 0.3 is 0 Å². The quantitative estimate of drug-likeness (QED) is 0.580. The Morgan fingerprint density at radius 1 is 1.05 bits per heavy atom. The molecule has 102 valence electrons. The Kier molecular flexibility index (Phi) is 2.45. The molecule has 0 aliphatic heterocycles. The number of rotatable bonds is 1. The molecule has 1 aromatic heterocycles. The molecule has 1 aromatic carbocycles. The summed E-state index contributed by atoms with van der Waals surface area (Å²) in [7, 11) is 0. The molecule has 1 aliphatic rings. The lowest BCUT2D eigenvalue weighted by Gasteiger charge is -2.15. The first-order valence-corrected chi connectivity index (χ1v) is 5.88. The van der Waals surface area contributed by atoms with Gasteiger partial charge in [0.15, 0.2) is 5.76 Å². The van der Waals surface area contributed by atoms with E-state index in [1.54, 1.807) is 0 Å². The Labute approximate surface area is 112 Å². The molecule has 3 N–H and O–H groups in total. The summed E-state index contributed by atoms with van der Waals surface area (Å²) < 4.78 is 5.19. The summed E-state index contributed by atoms with van der Waals surface area (Å²) in [6.07, 6.45) is -0.980. The number of aliphatic hydroxyl groups is 1. The van der Waals surface area contributed by atoms with Gasteiger partial charge in [0.1, 0.15) is 23.4 Å². The van der Waals surface area contributed by atoms with Crippen molar-refractivity contribution in [1.29, 1.82) is 0 Å². The maximum atomic E-state index is 12.3. The molecular formula is C14H10O6. The van der Waals surface area contributed by atoms with Crippen LogP contribution < -0.4 is 0 Å². The van der Waals surface area contributed by atoms with Gasteiger partial charge in [0, 0.05) is 0 Å². The highest BCUT2D eigenvalue weighted by Gasteiger charge is 2.38. The van der Waals surface area contributed by atoms with Crippen LogP contribution in [0, 0.1) is 0 Å². The van der Waals surface area contributed by atoms with Gasteiger partial charge in [0.05, 0.1) is 16.7 Å². The number of aromatic hydroxyl groups is 2. The standard InChI is InChI=1S/C14H10O6/c1-5(15)9-4-6-12(18)10-7(16)2-3-8(17)11(10)13(19)14(6)20-9/h2-5,15-17H,1H3. The molecule has 0 fully saturated rings. The van der Waals surface area contributed by atoms with Crippen LogP contribution in [0.2, 0.25) is 0 Å². The number of phenols is 2. The van der Waals surface area contributed by atoms with E-state index in [-0.39, 0.29) is 34.0 Å². The fraction of sp³-hybridized carbons (Fsp3) is 0.143. The molecule has 0 spiro atoms. The molecule has 6 nitrogen and oxygen atoms in total. The molecule has 0 saturated carbocycles. The number of furan rings is 1. The van der Waals surface area contributed by atoms with Crippen molar-refractivity contribution in [3.63, 3.8) is 0 Å². The van der Waals surface area contributed by atoms with Crippen LogP contribution in [-0.4, -0.2) is 26.9 Å². The average Bonchev–Trinajstić information content (AvgIpc) is 2.84. The van der Waals surface area contributed by atoms with E-state index in [9.17, 15) is 24.9 Å². The van der Waals surface area contributed by atoms with Gasteiger partial charge in [0.25, 0.3) is 0 Å². The van der Waals surface area contributed by atoms with Crippen molar-refractivity contribution in [2.24, 2.45) is 0 Å². The number of phenolic OH excluding ortho intramolecular Hbond substituents is 2. The van der Waals surface area contributed by atoms with Crippen LogP contribution >= 0.6 is 0 Å². The van der Waals surface area contributed by atoms with Gasteiger partial charge in [-0.15, -0.1) is 0 Å². The fourth-order valence-electron chi connectivity index (χ4n) is 2.24. The summed E-state index contributed by atoms with van der Waals surface area (Å²) in [5.74, 6) is -2.28. The number of carbonyl (C=O) groups is 2. The normalized spacial score (nSPS) is 14.9. The van der Waals surface area contributed by atoms with Crippen LogP contribution in [0.3, 0.4) is 0 Å². The third kappa shape index (κ3) is 1.48. The van der Waals surface area contributed by atoms with Gasteiger partial charge in [-0.25, -0.2) is 0 Å². The lowest BCUT2D eigenvalue weighted by Crippen LogP contribution is -2.19. The van der Waals surface area contributed by atoms with Crippen LogP contribution in [0.15, 0.2) is 22.6 Å². The highest BCUT2D eigenvalue weighted by Crippen LogP contribution is 2.39. The number of hydrogen-bond donors (Lipinski definition) is 3. The molecule has 1 aliphatic carbocycles. The second-order valence-corrected chi connectivity index (χ2v) is 4.58. The second kappa shape index (κ2) is 3.94. The van der Waals surface area contributed by atoms with Gasteiger partial charge in [-0.2, -0.15) is 0 Å². The Bertz CT molecular complexity index is 695. The average molecular weight is 274 g/mol. The van der Waals surface area contributed by atoms with Crippen molar-refractivity contribution in [3.8, 4) is 11.5 Å². The van der Waals surface area contributed by atoms with E-state index in [2.05, 4.69) is 0 Å². The monoisotopic (exact) mass is 274 g/mol. The van der Waals surface area contributed by atoms with E-state index in [1.807, 2.05) is 0 Å². The minimum atomic E-state index is -0.980. The number of carbonyl (C=O) groups excluding carboxylic acids is 2. The zero-order chi connectivity index (χ0) is 14.6. The largest absolute Gasteiger partial charge is 0.507 e. The number of benzene rings is 1. The highest BCUT2D eigenvalue weighted by molar-refractivity contribution is 6.29. The SMILES string of the molecule is CC(O)c1cc2c(o1)C(=O)c1c(O)ccc(O)c1C2=O. The maximum Gasteiger partial charge on any atom is 0.233 e. The Balaban J connectivity index is 2.31. The van der Waals surface area contributed by atoms with E-state index in [0.717, 1.165) is 12.1 Å². The number of fused-ring (bicyclic) bond motifs is 2. The minimum Gasteiger partial charge on any atom is -0.507 e. The molecule has 1 atom stereocenters. The maximum absolute atomic E-state index is 12.3. The van der Waals surface area contributed by atoms with Crippen molar-refractivity contribution < 1.29 is 29.3 Å². The fourth-order valence-corrected chi connectivity index (χ4v) is 2.24. The van der Waals surface area contributed by atoms with Gasteiger partial charge in [-0.1, -0.05) is 0 Å². The number of aliphatic hydroxyl groups excluding tert-OH is 1. The molecule has 0 saturated heterocycles. The van der Waals surface area contributed by atoms with Crippen LogP contribution in [0.4, 0.5) is 0 Å². The van der Waals surface area contributed by atoms with Crippen molar-refractivity contribution >= 4 is 11.6 Å². The summed E-state index contributed by atoms with van der Waals surface area (Å²) >= 11 is 0. The Morgan fingerprint density at radius 3 is 2.15 bits per heavy atom. The van der Waals surface area contributed by atoms with E-state index >= 15 is 0 Å². The summed E-state index contributed by atoms with van der Waals surface area (Å²) in [5, 5.41) is 28.9. The number of hydrogen-bond acceptors (Lipinski definition) is 6. The third-order valence-corrected chi connectivity index (χ3v) is 3.23. The van der Waals surface area contributed by atoms with Crippen LogP contribution in [0.1, 0.15) is 50.8 Å². The van der Waals surface area contributed by atoms with Gasteiger partial charge in [0.2, 0.25) is 11.6 Å². The van der Waals surface area contributed by atoms with Crippen molar-refractivity contribution in [1.82, 2.24) is 0 Å². The minimum absolute atomic E-state index is 0.0284. The predicted octanol–water partition coefficient (Wildman–Crippen LogP) is 1.52. The molecule has 1 unspecified atom stereocenters. The van der Waals surface area contributed by atoms with Crippen LogP contribution in [0.5, 0.6) is 11.5 Å². The second-order valence-electron chi connectivity index (χ2n) is 4.58. The van der Waals surface area contributed by atoms with Crippen LogP contribution in [-0.2, 0) is 0 Å². The Hall–Kier alpha value is -2.60. The van der Waals surface area contributed by atoms with Gasteiger partial charge < -0.3 is 19.7 Å². The molecule has 2 aromatic rings. The molecule has 20 heavy (non-hydrogen) atoms. The van der Waals surface area contributed by atoms with E-state index in [0.29, 0.717) is 0 Å². The van der Waals surface area contributed by atoms with E-state index in [1.165, 1.54) is 13.0 Å². The lowest BCUT2D eigenvalue weighted by molar-refractivity contribution is 0.0948. The van der Waals surface area contributed by atoms with Crippen LogP contribution in [0.25, 0.3) is 0 Å². The number of ketones is 2. The molecule has 0 radical (unpaired) electrons. The predicted molar refractivity (Wildman–Crippen MR) is 66.0 cm³/mol. The molecule has 0 bridgehead atoms. The lowest BCUT2D eigenvalue weighted by atomic mass is 9.87. The molecule has 1 heterocycles. The topological polar surface area (TPSA) is 108 Å². The molecule has 6 heteroatoms. The summed E-state index contributed by atoms with van der Waals surface area (Å²) in [6, 6.07) is 3.54. The van der Waals surface area contributed by atoms with E-state index < -0.39 is 23.4 Å². The van der Waals surface area contributed by atoms with Gasteiger partial charge in [-0.3, -0.25) is 9.59 Å². The molecule has 3 rings (SSSR count).